The van der Waals surface area contributed by atoms with E-state index >= 15 is 0 Å². The molecule has 1 rings (SSSR count). The first-order valence-corrected chi connectivity index (χ1v) is 5.43. The molecule has 0 unspecified atom stereocenters. The van der Waals surface area contributed by atoms with E-state index < -0.39 is 12.1 Å². The smallest absolute Gasteiger partial charge is 0.123 e. The summed E-state index contributed by atoms with van der Waals surface area (Å²) in [5.41, 5.74) is 7.28. The molecule has 0 aliphatic heterocycles. The van der Waals surface area contributed by atoms with Crippen molar-refractivity contribution in [3.63, 3.8) is 0 Å². The highest BCUT2D eigenvalue weighted by Crippen LogP contribution is 2.30. The third-order valence-corrected chi connectivity index (χ3v) is 2.82. The molecular formula is C13H21ClFNO. The minimum absolute atomic E-state index is 0. The van der Waals surface area contributed by atoms with Gasteiger partial charge in [0.05, 0.1) is 12.1 Å². The van der Waals surface area contributed by atoms with Crippen molar-refractivity contribution >= 4 is 12.4 Å². The van der Waals surface area contributed by atoms with Crippen molar-refractivity contribution in [2.75, 3.05) is 0 Å². The lowest BCUT2D eigenvalue weighted by atomic mass is 9.82. The standard InChI is InChI=1S/C13H20FNO.ClH/c1-8-7-9(14)5-6-10(8)11(15)12(16)13(2,3)4;/h5-7,11-12,16H,15H2,1-4H3;1H/t11-,12-;/m1./s1. The molecule has 1 aromatic rings. The lowest BCUT2D eigenvalue weighted by Gasteiger charge is -2.31. The fourth-order valence-electron chi connectivity index (χ4n) is 1.72. The van der Waals surface area contributed by atoms with Crippen LogP contribution in [0.5, 0.6) is 0 Å². The van der Waals surface area contributed by atoms with Crippen LogP contribution in [0.2, 0.25) is 0 Å². The van der Waals surface area contributed by atoms with E-state index in [1.54, 1.807) is 13.0 Å². The Kier molecular flexibility index (Phi) is 5.59. The van der Waals surface area contributed by atoms with E-state index in [2.05, 4.69) is 0 Å². The largest absolute Gasteiger partial charge is 0.391 e. The van der Waals surface area contributed by atoms with E-state index in [9.17, 15) is 9.50 Å². The van der Waals surface area contributed by atoms with Crippen molar-refractivity contribution in [1.82, 2.24) is 0 Å². The van der Waals surface area contributed by atoms with Gasteiger partial charge < -0.3 is 10.8 Å². The number of aryl methyl sites for hydroxylation is 1. The molecule has 0 aromatic heterocycles. The average Bonchev–Trinajstić information content (AvgIpc) is 2.14. The van der Waals surface area contributed by atoms with E-state index in [-0.39, 0.29) is 23.6 Å². The molecule has 4 heteroatoms. The summed E-state index contributed by atoms with van der Waals surface area (Å²) in [7, 11) is 0. The molecule has 0 radical (unpaired) electrons. The molecule has 0 heterocycles. The van der Waals surface area contributed by atoms with Crippen LogP contribution in [0.25, 0.3) is 0 Å². The summed E-state index contributed by atoms with van der Waals surface area (Å²) >= 11 is 0. The topological polar surface area (TPSA) is 46.2 Å². The average molecular weight is 262 g/mol. The minimum atomic E-state index is -0.656. The lowest BCUT2D eigenvalue weighted by Crippen LogP contribution is -2.37. The Morgan fingerprint density at radius 3 is 2.24 bits per heavy atom. The number of benzene rings is 1. The SMILES string of the molecule is Cc1cc(F)ccc1[C@@H](N)[C@@H](O)C(C)(C)C.Cl. The normalized spacial score (nSPS) is 15.0. The Morgan fingerprint density at radius 1 is 1.29 bits per heavy atom. The second-order valence-electron chi connectivity index (χ2n) is 5.34. The molecule has 98 valence electrons. The van der Waals surface area contributed by atoms with Crippen molar-refractivity contribution in [3.8, 4) is 0 Å². The van der Waals surface area contributed by atoms with Crippen LogP contribution in [-0.2, 0) is 0 Å². The van der Waals surface area contributed by atoms with Gasteiger partial charge in [0.15, 0.2) is 0 Å². The molecule has 17 heavy (non-hydrogen) atoms. The number of hydrogen-bond donors (Lipinski definition) is 2. The highest BCUT2D eigenvalue weighted by atomic mass is 35.5. The molecule has 0 aliphatic rings. The van der Waals surface area contributed by atoms with Crippen LogP contribution >= 0.6 is 12.4 Å². The van der Waals surface area contributed by atoms with E-state index in [1.165, 1.54) is 12.1 Å². The summed E-state index contributed by atoms with van der Waals surface area (Å²) in [6.07, 6.45) is -0.656. The van der Waals surface area contributed by atoms with Gasteiger partial charge >= 0.3 is 0 Å². The summed E-state index contributed by atoms with van der Waals surface area (Å²) in [5, 5.41) is 10.1. The van der Waals surface area contributed by atoms with Gasteiger partial charge in [0.1, 0.15) is 5.82 Å². The third kappa shape index (κ3) is 3.95. The summed E-state index contributed by atoms with van der Waals surface area (Å²) in [5.74, 6) is -0.279. The Balaban J connectivity index is 0.00000256. The van der Waals surface area contributed by atoms with Gasteiger partial charge in [0, 0.05) is 0 Å². The number of aliphatic hydroxyl groups excluding tert-OH is 1. The van der Waals surface area contributed by atoms with Crippen LogP contribution in [0.4, 0.5) is 4.39 Å². The third-order valence-electron chi connectivity index (χ3n) is 2.82. The van der Waals surface area contributed by atoms with Gasteiger partial charge in [-0.1, -0.05) is 26.8 Å². The van der Waals surface area contributed by atoms with Crippen molar-refractivity contribution in [2.24, 2.45) is 11.1 Å². The highest BCUT2D eigenvalue weighted by molar-refractivity contribution is 5.85. The second kappa shape index (κ2) is 5.80. The summed E-state index contributed by atoms with van der Waals surface area (Å²) in [6.45, 7) is 7.58. The van der Waals surface area contributed by atoms with Crippen LogP contribution in [0, 0.1) is 18.2 Å². The van der Waals surface area contributed by atoms with Gasteiger partial charge in [-0.15, -0.1) is 12.4 Å². The highest BCUT2D eigenvalue weighted by Gasteiger charge is 2.29. The molecular weight excluding hydrogens is 241 g/mol. The fourth-order valence-corrected chi connectivity index (χ4v) is 1.72. The van der Waals surface area contributed by atoms with E-state index in [4.69, 9.17) is 5.73 Å². The predicted octanol–water partition coefficient (Wildman–Crippen LogP) is 2.96. The summed E-state index contributed by atoms with van der Waals surface area (Å²) < 4.78 is 12.9. The molecule has 1 aromatic carbocycles. The first-order valence-electron chi connectivity index (χ1n) is 5.43. The number of aliphatic hydroxyl groups is 1. The summed E-state index contributed by atoms with van der Waals surface area (Å²) in [6, 6.07) is 3.97. The molecule has 0 amide bonds. The quantitative estimate of drug-likeness (QED) is 0.860. The van der Waals surface area contributed by atoms with E-state index in [0.29, 0.717) is 0 Å². The van der Waals surface area contributed by atoms with Gasteiger partial charge in [-0.05, 0) is 35.6 Å². The van der Waals surface area contributed by atoms with Gasteiger partial charge in [-0.2, -0.15) is 0 Å². The molecule has 0 bridgehead atoms. The van der Waals surface area contributed by atoms with Crippen LogP contribution in [-0.4, -0.2) is 11.2 Å². The Bertz CT molecular complexity index is 376. The number of rotatable bonds is 2. The van der Waals surface area contributed by atoms with Crippen LogP contribution in [0.1, 0.15) is 37.9 Å². The lowest BCUT2D eigenvalue weighted by molar-refractivity contribution is 0.0399. The Hall–Kier alpha value is -0.640. The molecule has 0 saturated carbocycles. The van der Waals surface area contributed by atoms with Gasteiger partial charge in [0.25, 0.3) is 0 Å². The minimum Gasteiger partial charge on any atom is -0.391 e. The van der Waals surface area contributed by atoms with Crippen molar-refractivity contribution in [3.05, 3.63) is 35.1 Å². The maximum absolute atomic E-state index is 12.9. The van der Waals surface area contributed by atoms with Crippen LogP contribution in [0.15, 0.2) is 18.2 Å². The molecule has 0 spiro atoms. The van der Waals surface area contributed by atoms with Gasteiger partial charge in [-0.3, -0.25) is 0 Å². The molecule has 2 nitrogen and oxygen atoms in total. The zero-order valence-corrected chi connectivity index (χ0v) is 11.5. The number of halogens is 2. The zero-order chi connectivity index (χ0) is 12.5. The Labute approximate surface area is 108 Å². The van der Waals surface area contributed by atoms with Crippen molar-refractivity contribution in [2.45, 2.75) is 39.8 Å². The van der Waals surface area contributed by atoms with Crippen LogP contribution < -0.4 is 5.73 Å². The maximum atomic E-state index is 12.9. The molecule has 0 aliphatic carbocycles. The van der Waals surface area contributed by atoms with Crippen LogP contribution in [0.3, 0.4) is 0 Å². The fraction of sp³-hybridized carbons (Fsp3) is 0.538. The monoisotopic (exact) mass is 261 g/mol. The summed E-state index contributed by atoms with van der Waals surface area (Å²) in [4.78, 5) is 0. The maximum Gasteiger partial charge on any atom is 0.123 e. The number of nitrogens with two attached hydrogens (primary N) is 1. The Morgan fingerprint density at radius 2 is 1.82 bits per heavy atom. The van der Waals surface area contributed by atoms with Crippen molar-refractivity contribution in [1.29, 1.82) is 0 Å². The van der Waals surface area contributed by atoms with Gasteiger partial charge in [-0.25, -0.2) is 4.39 Å². The molecule has 0 fully saturated rings. The molecule has 0 saturated heterocycles. The first kappa shape index (κ1) is 16.4. The second-order valence-corrected chi connectivity index (χ2v) is 5.34. The molecule has 2 atom stereocenters. The number of hydrogen-bond acceptors (Lipinski definition) is 2. The van der Waals surface area contributed by atoms with Crippen molar-refractivity contribution < 1.29 is 9.50 Å². The first-order chi connectivity index (χ1) is 7.23. The molecule has 3 N–H and O–H groups in total. The predicted molar refractivity (Wildman–Crippen MR) is 70.8 cm³/mol. The van der Waals surface area contributed by atoms with Gasteiger partial charge in [0.2, 0.25) is 0 Å². The van der Waals surface area contributed by atoms with E-state index in [0.717, 1.165) is 11.1 Å². The zero-order valence-electron chi connectivity index (χ0n) is 10.7. The van der Waals surface area contributed by atoms with E-state index in [1.807, 2.05) is 20.8 Å².